The van der Waals surface area contributed by atoms with Crippen LogP contribution in [0.5, 0.6) is 5.75 Å². The molecule has 3 aromatic rings. The fourth-order valence-corrected chi connectivity index (χ4v) is 4.20. The number of anilines is 1. The van der Waals surface area contributed by atoms with Crippen molar-refractivity contribution in [1.29, 1.82) is 0 Å². The van der Waals surface area contributed by atoms with E-state index in [1.807, 2.05) is 17.5 Å². The van der Waals surface area contributed by atoms with Crippen molar-refractivity contribution in [2.45, 2.75) is 4.90 Å². The number of hydrogen-bond donors (Lipinski definition) is 3. The average Bonchev–Trinajstić information content (AvgIpc) is 3.06. The van der Waals surface area contributed by atoms with E-state index in [9.17, 15) is 13.5 Å². The summed E-state index contributed by atoms with van der Waals surface area (Å²) in [6, 6.07) is 12.0. The number of rotatable bonds is 2. The SMILES string of the molecule is C=C1Nc2ccc(O)c(-c3ccc([SH](=O)=O)cc3)c2-c2ccsc21. The molecule has 0 spiro atoms. The molecule has 0 radical (unpaired) electrons. The highest BCUT2D eigenvalue weighted by Gasteiger charge is 2.25. The molecular weight excluding hydrogens is 342 g/mol. The fraction of sp³-hybridized carbons (Fsp3) is 0. The van der Waals surface area contributed by atoms with Crippen LogP contribution >= 0.6 is 11.3 Å². The summed E-state index contributed by atoms with van der Waals surface area (Å²) in [6.45, 7) is 4.05. The zero-order chi connectivity index (χ0) is 16.8. The van der Waals surface area contributed by atoms with E-state index in [4.69, 9.17) is 0 Å². The Morgan fingerprint density at radius 3 is 2.46 bits per heavy atom. The number of thiophene rings is 1. The molecule has 4 rings (SSSR count). The summed E-state index contributed by atoms with van der Waals surface area (Å²) in [6.07, 6.45) is 0. The Kier molecular flexibility index (Phi) is 3.44. The Bertz CT molecular complexity index is 1040. The lowest BCUT2D eigenvalue weighted by atomic mass is 9.90. The molecule has 2 aromatic carbocycles. The molecule has 0 aliphatic carbocycles. The summed E-state index contributed by atoms with van der Waals surface area (Å²) in [5, 5.41) is 15.7. The van der Waals surface area contributed by atoms with Gasteiger partial charge in [0.2, 0.25) is 0 Å². The van der Waals surface area contributed by atoms with Crippen molar-refractivity contribution in [3.05, 3.63) is 59.3 Å². The topological polar surface area (TPSA) is 66.4 Å². The Hall–Kier alpha value is -2.57. The molecule has 0 unspecified atom stereocenters. The molecule has 6 heteroatoms. The van der Waals surface area contributed by atoms with Gasteiger partial charge in [0.1, 0.15) is 5.75 Å². The number of phenolic OH excluding ortho intramolecular Hbond substituents is 1. The lowest BCUT2D eigenvalue weighted by molar-refractivity contribution is 0.477. The van der Waals surface area contributed by atoms with Gasteiger partial charge in [0.05, 0.1) is 9.77 Å². The van der Waals surface area contributed by atoms with E-state index in [0.29, 0.717) is 5.56 Å². The second-order valence-electron chi connectivity index (χ2n) is 5.45. The van der Waals surface area contributed by atoms with Gasteiger partial charge in [-0.05, 0) is 41.3 Å². The number of phenols is 1. The van der Waals surface area contributed by atoms with Crippen molar-refractivity contribution >= 4 is 33.4 Å². The Morgan fingerprint density at radius 1 is 1.00 bits per heavy atom. The van der Waals surface area contributed by atoms with Crippen molar-refractivity contribution < 1.29 is 13.5 Å². The van der Waals surface area contributed by atoms with Crippen molar-refractivity contribution in [3.63, 3.8) is 0 Å². The molecule has 24 heavy (non-hydrogen) atoms. The smallest absolute Gasteiger partial charge is 0.168 e. The molecule has 0 fully saturated rings. The third kappa shape index (κ3) is 2.23. The standard InChI is InChI=1S/C18H13NO3S2/c1-10-18-13(8-9-23-18)17-14(19-10)6-7-15(20)16(17)11-2-4-12(5-3-11)24(21)22/h2-9,19-20,24H,1H2. The molecular formula is C18H13NO3S2. The van der Waals surface area contributed by atoms with Gasteiger partial charge < -0.3 is 10.4 Å². The largest absolute Gasteiger partial charge is 0.507 e. The van der Waals surface area contributed by atoms with E-state index in [1.165, 1.54) is 0 Å². The van der Waals surface area contributed by atoms with Gasteiger partial charge in [-0.2, -0.15) is 0 Å². The van der Waals surface area contributed by atoms with Crippen LogP contribution in [0.4, 0.5) is 5.69 Å². The van der Waals surface area contributed by atoms with Crippen LogP contribution in [0, 0.1) is 0 Å². The molecule has 4 nitrogen and oxygen atoms in total. The first kappa shape index (κ1) is 15.0. The zero-order valence-electron chi connectivity index (χ0n) is 12.4. The Labute approximate surface area is 144 Å². The average molecular weight is 355 g/mol. The van der Waals surface area contributed by atoms with Gasteiger partial charge in [0.15, 0.2) is 10.7 Å². The molecule has 120 valence electrons. The number of aromatic hydroxyl groups is 1. The lowest BCUT2D eigenvalue weighted by Crippen LogP contribution is -2.05. The minimum absolute atomic E-state index is 0.152. The second kappa shape index (κ2) is 5.51. The van der Waals surface area contributed by atoms with Crippen LogP contribution in [0.2, 0.25) is 0 Å². The monoisotopic (exact) mass is 355 g/mol. The molecule has 0 saturated carbocycles. The van der Waals surface area contributed by atoms with E-state index >= 15 is 0 Å². The highest BCUT2D eigenvalue weighted by atomic mass is 32.2. The Morgan fingerprint density at radius 2 is 1.75 bits per heavy atom. The van der Waals surface area contributed by atoms with E-state index in [2.05, 4.69) is 11.9 Å². The molecule has 0 atom stereocenters. The highest BCUT2D eigenvalue weighted by Crippen LogP contribution is 2.50. The van der Waals surface area contributed by atoms with Crippen LogP contribution in [-0.2, 0) is 10.7 Å². The predicted molar refractivity (Wildman–Crippen MR) is 98.1 cm³/mol. The summed E-state index contributed by atoms with van der Waals surface area (Å²) in [4.78, 5) is 1.29. The predicted octanol–water partition coefficient (Wildman–Crippen LogP) is 4.15. The van der Waals surface area contributed by atoms with E-state index in [1.54, 1.807) is 41.7 Å². The normalized spacial score (nSPS) is 12.6. The third-order valence-corrected chi connectivity index (χ3v) is 5.74. The van der Waals surface area contributed by atoms with Crippen LogP contribution in [0.1, 0.15) is 4.88 Å². The van der Waals surface area contributed by atoms with E-state index in [-0.39, 0.29) is 10.6 Å². The van der Waals surface area contributed by atoms with Gasteiger partial charge >= 0.3 is 0 Å². The maximum absolute atomic E-state index is 11.1. The van der Waals surface area contributed by atoms with Gasteiger partial charge in [0, 0.05) is 28.1 Å². The maximum atomic E-state index is 11.1. The third-order valence-electron chi connectivity index (χ3n) is 4.04. The molecule has 0 bridgehead atoms. The van der Waals surface area contributed by atoms with Crippen molar-refractivity contribution in [3.8, 4) is 28.0 Å². The van der Waals surface area contributed by atoms with Gasteiger partial charge in [-0.3, -0.25) is 0 Å². The van der Waals surface area contributed by atoms with Crippen molar-refractivity contribution in [1.82, 2.24) is 0 Å². The van der Waals surface area contributed by atoms with Crippen LogP contribution in [0.15, 0.2) is 59.3 Å². The molecule has 0 saturated heterocycles. The number of fused-ring (bicyclic) bond motifs is 3. The van der Waals surface area contributed by atoms with Crippen LogP contribution in [0.3, 0.4) is 0 Å². The van der Waals surface area contributed by atoms with Crippen LogP contribution < -0.4 is 5.32 Å². The lowest BCUT2D eigenvalue weighted by Gasteiger charge is -2.24. The molecule has 1 aliphatic heterocycles. The summed E-state index contributed by atoms with van der Waals surface area (Å²) < 4.78 is 22.2. The zero-order valence-corrected chi connectivity index (χ0v) is 14.2. The van der Waals surface area contributed by atoms with Crippen LogP contribution in [0.25, 0.3) is 28.0 Å². The number of benzene rings is 2. The van der Waals surface area contributed by atoms with E-state index < -0.39 is 10.7 Å². The number of thiol groups is 1. The second-order valence-corrected chi connectivity index (χ2v) is 7.40. The Balaban J connectivity index is 1.98. The first-order valence-corrected chi connectivity index (χ1v) is 9.27. The maximum Gasteiger partial charge on any atom is 0.168 e. The highest BCUT2D eigenvalue weighted by molar-refractivity contribution is 7.72. The minimum Gasteiger partial charge on any atom is -0.507 e. The van der Waals surface area contributed by atoms with Gasteiger partial charge in [0.25, 0.3) is 0 Å². The summed E-state index contributed by atoms with van der Waals surface area (Å²) in [5.74, 6) is 0.152. The molecule has 1 aromatic heterocycles. The van der Waals surface area contributed by atoms with Gasteiger partial charge in [-0.25, -0.2) is 8.42 Å². The molecule has 1 aliphatic rings. The minimum atomic E-state index is -2.62. The fourth-order valence-electron chi connectivity index (χ4n) is 2.98. The summed E-state index contributed by atoms with van der Waals surface area (Å²) in [5.41, 5.74) is 5.07. The van der Waals surface area contributed by atoms with Gasteiger partial charge in [-0.15, -0.1) is 11.3 Å². The quantitative estimate of drug-likeness (QED) is 0.477. The van der Waals surface area contributed by atoms with Gasteiger partial charge in [-0.1, -0.05) is 18.7 Å². The first-order chi connectivity index (χ1) is 11.6. The van der Waals surface area contributed by atoms with Crippen molar-refractivity contribution in [2.75, 3.05) is 5.32 Å². The summed E-state index contributed by atoms with van der Waals surface area (Å²) >= 11 is 1.59. The number of hydrogen-bond acceptors (Lipinski definition) is 5. The first-order valence-electron chi connectivity index (χ1n) is 7.21. The summed E-state index contributed by atoms with van der Waals surface area (Å²) in [7, 11) is -2.62. The molecule has 2 N–H and O–H groups in total. The van der Waals surface area contributed by atoms with Crippen molar-refractivity contribution in [2.24, 2.45) is 0 Å². The van der Waals surface area contributed by atoms with Crippen LogP contribution in [-0.4, -0.2) is 13.5 Å². The molecule has 0 amide bonds. The molecule has 2 heterocycles. The number of nitrogens with one attached hydrogen (secondary N) is 1. The van der Waals surface area contributed by atoms with E-state index in [0.717, 1.165) is 33.0 Å².